The summed E-state index contributed by atoms with van der Waals surface area (Å²) in [4.78, 5) is 0. The van der Waals surface area contributed by atoms with Gasteiger partial charge in [-0.2, -0.15) is 0 Å². The largest absolute Gasteiger partial charge is 0.413 e. The Bertz CT molecular complexity index is 267. The van der Waals surface area contributed by atoms with E-state index in [0.29, 0.717) is 12.2 Å². The van der Waals surface area contributed by atoms with Crippen LogP contribution in [0.2, 0.25) is 39.3 Å². The van der Waals surface area contributed by atoms with Crippen LogP contribution in [0.1, 0.15) is 27.7 Å². The maximum Gasteiger partial charge on any atom is 0.184 e. The zero-order valence-electron chi connectivity index (χ0n) is 14.0. The van der Waals surface area contributed by atoms with E-state index < -0.39 is 16.6 Å². The van der Waals surface area contributed by atoms with Gasteiger partial charge in [-0.05, 0) is 39.3 Å². The van der Waals surface area contributed by atoms with Gasteiger partial charge in [-0.25, -0.2) is 0 Å². The lowest BCUT2D eigenvalue weighted by atomic mass is 9.51. The average molecular weight is 289 g/mol. The van der Waals surface area contributed by atoms with Crippen molar-refractivity contribution in [2.45, 2.75) is 79.2 Å². The summed E-state index contributed by atoms with van der Waals surface area (Å²) in [6, 6.07) is 0. The van der Waals surface area contributed by atoms with Crippen LogP contribution in [-0.2, 0) is 8.85 Å². The quantitative estimate of drug-likeness (QED) is 0.710. The van der Waals surface area contributed by atoms with Gasteiger partial charge in [-0.3, -0.25) is 0 Å². The van der Waals surface area contributed by atoms with Crippen molar-refractivity contribution in [3.63, 3.8) is 0 Å². The summed E-state index contributed by atoms with van der Waals surface area (Å²) in [6.07, 6.45) is 0.635. The van der Waals surface area contributed by atoms with E-state index in [-0.39, 0.29) is 10.8 Å². The van der Waals surface area contributed by atoms with E-state index in [9.17, 15) is 0 Å². The van der Waals surface area contributed by atoms with Crippen molar-refractivity contribution in [3.05, 3.63) is 0 Å². The Balaban J connectivity index is 2.88. The SMILES string of the molecule is CC1(C)C(O[Si](C)(C)C)C(C)(C)C1O[Si](C)(C)C. The number of hydrogen-bond acceptors (Lipinski definition) is 2. The molecule has 0 radical (unpaired) electrons. The molecule has 1 saturated carbocycles. The average Bonchev–Trinajstić information content (AvgIpc) is 2.07. The van der Waals surface area contributed by atoms with Crippen molar-refractivity contribution < 1.29 is 8.85 Å². The van der Waals surface area contributed by atoms with E-state index in [2.05, 4.69) is 67.0 Å². The second-order valence-corrected chi connectivity index (χ2v) is 17.8. The van der Waals surface area contributed by atoms with Crippen molar-refractivity contribution in [1.82, 2.24) is 0 Å². The van der Waals surface area contributed by atoms with E-state index in [4.69, 9.17) is 8.85 Å². The number of hydrogen-bond donors (Lipinski definition) is 0. The molecular formula is C14H32O2Si2. The predicted molar refractivity (Wildman–Crippen MR) is 84.0 cm³/mol. The molecule has 0 aromatic heterocycles. The molecule has 0 N–H and O–H groups in total. The zero-order chi connectivity index (χ0) is 14.6. The highest BCUT2D eigenvalue weighted by molar-refractivity contribution is 6.70. The monoisotopic (exact) mass is 288 g/mol. The van der Waals surface area contributed by atoms with Crippen LogP contribution in [0.3, 0.4) is 0 Å². The fourth-order valence-corrected chi connectivity index (χ4v) is 6.04. The van der Waals surface area contributed by atoms with Crippen LogP contribution in [0, 0.1) is 10.8 Å². The summed E-state index contributed by atoms with van der Waals surface area (Å²) in [7, 11) is -3.00. The third kappa shape index (κ3) is 3.27. The fourth-order valence-electron chi connectivity index (χ4n) is 3.41. The Morgan fingerprint density at radius 2 is 0.833 bits per heavy atom. The van der Waals surface area contributed by atoms with Crippen molar-refractivity contribution in [2.75, 3.05) is 0 Å². The molecule has 108 valence electrons. The Morgan fingerprint density at radius 3 is 1.00 bits per heavy atom. The molecule has 18 heavy (non-hydrogen) atoms. The molecule has 0 saturated heterocycles. The normalized spacial score (nSPS) is 31.0. The van der Waals surface area contributed by atoms with Crippen molar-refractivity contribution >= 4 is 16.6 Å². The second kappa shape index (κ2) is 4.43. The first-order valence-corrected chi connectivity index (χ1v) is 13.9. The van der Waals surface area contributed by atoms with Gasteiger partial charge >= 0.3 is 0 Å². The molecule has 0 aromatic rings. The summed E-state index contributed by atoms with van der Waals surface area (Å²) < 4.78 is 12.8. The first-order valence-electron chi connectivity index (χ1n) is 7.03. The summed E-state index contributed by atoms with van der Waals surface area (Å²) in [5, 5.41) is 0. The number of rotatable bonds is 4. The molecule has 4 heteroatoms. The molecule has 1 fully saturated rings. The van der Waals surface area contributed by atoms with Gasteiger partial charge in [0, 0.05) is 10.8 Å². The van der Waals surface area contributed by atoms with E-state index >= 15 is 0 Å². The maximum absolute atomic E-state index is 6.42. The van der Waals surface area contributed by atoms with Crippen molar-refractivity contribution in [2.24, 2.45) is 10.8 Å². The molecule has 0 amide bonds. The Hall–Kier alpha value is 0.354. The van der Waals surface area contributed by atoms with E-state index in [0.717, 1.165) is 0 Å². The lowest BCUT2D eigenvalue weighted by molar-refractivity contribution is -0.231. The standard InChI is InChI=1S/C14H32O2Si2/c1-13(2)11(15-17(5,6)7)14(3,4)12(13)16-18(8,9)10/h11-12H,1-10H3. The highest BCUT2D eigenvalue weighted by Gasteiger charge is 2.64. The van der Waals surface area contributed by atoms with E-state index in [1.165, 1.54) is 0 Å². The third-order valence-electron chi connectivity index (χ3n) is 3.65. The molecule has 2 nitrogen and oxygen atoms in total. The first-order chi connectivity index (χ1) is 7.68. The molecule has 1 aliphatic carbocycles. The molecule has 0 spiro atoms. The second-order valence-electron chi connectivity index (χ2n) is 8.86. The molecule has 0 heterocycles. The molecule has 0 bridgehead atoms. The predicted octanol–water partition coefficient (Wildman–Crippen LogP) is 4.49. The zero-order valence-corrected chi connectivity index (χ0v) is 16.0. The van der Waals surface area contributed by atoms with E-state index in [1.807, 2.05) is 0 Å². The molecule has 0 atom stereocenters. The van der Waals surface area contributed by atoms with E-state index in [1.54, 1.807) is 0 Å². The molecule has 1 aliphatic rings. The highest BCUT2D eigenvalue weighted by Crippen LogP contribution is 2.58. The van der Waals surface area contributed by atoms with Gasteiger partial charge < -0.3 is 8.85 Å². The minimum Gasteiger partial charge on any atom is -0.413 e. The summed E-state index contributed by atoms with van der Waals surface area (Å²) in [5.74, 6) is 0. The van der Waals surface area contributed by atoms with Crippen molar-refractivity contribution in [1.29, 1.82) is 0 Å². The lowest BCUT2D eigenvalue weighted by Crippen LogP contribution is -2.72. The topological polar surface area (TPSA) is 18.5 Å². The summed E-state index contributed by atoms with van der Waals surface area (Å²) in [6.45, 7) is 22.8. The molecule has 0 unspecified atom stereocenters. The third-order valence-corrected chi connectivity index (χ3v) is 5.53. The van der Waals surface area contributed by atoms with Gasteiger partial charge in [0.2, 0.25) is 0 Å². The van der Waals surface area contributed by atoms with Crippen LogP contribution in [0.25, 0.3) is 0 Å². The van der Waals surface area contributed by atoms with Gasteiger partial charge in [0.1, 0.15) is 0 Å². The van der Waals surface area contributed by atoms with Crippen LogP contribution < -0.4 is 0 Å². The molecule has 1 rings (SSSR count). The Labute approximate surface area is 116 Å². The van der Waals surface area contributed by atoms with Gasteiger partial charge in [0.25, 0.3) is 0 Å². The van der Waals surface area contributed by atoms with Crippen LogP contribution in [0.5, 0.6) is 0 Å². The smallest absolute Gasteiger partial charge is 0.184 e. The van der Waals surface area contributed by atoms with Gasteiger partial charge in [-0.1, -0.05) is 27.7 Å². The summed E-state index contributed by atoms with van der Waals surface area (Å²) in [5.41, 5.74) is 0.258. The minimum absolute atomic E-state index is 0.129. The Kier molecular flexibility index (Phi) is 4.04. The fraction of sp³-hybridized carbons (Fsp3) is 1.00. The van der Waals surface area contributed by atoms with Crippen LogP contribution in [-0.4, -0.2) is 28.8 Å². The molecule has 0 aromatic carbocycles. The Morgan fingerprint density at radius 1 is 0.611 bits per heavy atom. The highest BCUT2D eigenvalue weighted by atomic mass is 28.4. The van der Waals surface area contributed by atoms with Crippen LogP contribution in [0.4, 0.5) is 0 Å². The maximum atomic E-state index is 6.42. The minimum atomic E-state index is -1.50. The summed E-state index contributed by atoms with van der Waals surface area (Å²) >= 11 is 0. The van der Waals surface area contributed by atoms with Gasteiger partial charge in [0.05, 0.1) is 12.2 Å². The molecular weight excluding hydrogens is 256 g/mol. The van der Waals surface area contributed by atoms with Crippen LogP contribution >= 0.6 is 0 Å². The molecule has 0 aliphatic heterocycles. The van der Waals surface area contributed by atoms with Crippen LogP contribution in [0.15, 0.2) is 0 Å². The first kappa shape index (κ1) is 16.4. The lowest BCUT2D eigenvalue weighted by Gasteiger charge is -2.65. The van der Waals surface area contributed by atoms with Gasteiger partial charge in [0.15, 0.2) is 16.6 Å². The van der Waals surface area contributed by atoms with Gasteiger partial charge in [-0.15, -0.1) is 0 Å². The van der Waals surface area contributed by atoms with Crippen molar-refractivity contribution in [3.8, 4) is 0 Å².